The van der Waals surface area contributed by atoms with Crippen molar-refractivity contribution in [1.29, 1.82) is 5.41 Å². The van der Waals surface area contributed by atoms with Crippen molar-refractivity contribution < 1.29 is 14.1 Å². The summed E-state index contributed by atoms with van der Waals surface area (Å²) in [4.78, 5) is 22.3. The Labute approximate surface area is 142 Å². The third kappa shape index (κ3) is 3.20. The van der Waals surface area contributed by atoms with Gasteiger partial charge in [-0.05, 0) is 30.0 Å². The molecule has 23 heavy (non-hydrogen) atoms. The van der Waals surface area contributed by atoms with E-state index in [1.54, 1.807) is 18.2 Å². The number of nitro benzene ring substituents is 1. The standard InChI is InChI=1S/C14H8BrN3O4S/c15-10-3-1-7(18(20)21)5-9(10)11-4-2-8(22-11)6-12-13(19)17-14(16)23-12/h1-6H,(H2,16,17,19)/b12-6-. The fourth-order valence-electron chi connectivity index (χ4n) is 1.96. The van der Waals surface area contributed by atoms with E-state index in [0.717, 1.165) is 11.8 Å². The minimum absolute atomic E-state index is 0.0429. The molecule has 7 nitrogen and oxygen atoms in total. The first-order valence-electron chi connectivity index (χ1n) is 6.27. The second-order valence-corrected chi connectivity index (χ2v) is 6.42. The summed E-state index contributed by atoms with van der Waals surface area (Å²) in [7, 11) is 0. The highest BCUT2D eigenvalue weighted by molar-refractivity contribution is 9.10. The molecule has 2 aromatic rings. The monoisotopic (exact) mass is 393 g/mol. The van der Waals surface area contributed by atoms with Crippen LogP contribution in [0.4, 0.5) is 5.69 Å². The number of halogens is 1. The van der Waals surface area contributed by atoms with Crippen molar-refractivity contribution in [3.05, 3.63) is 55.6 Å². The van der Waals surface area contributed by atoms with Crippen LogP contribution < -0.4 is 5.32 Å². The van der Waals surface area contributed by atoms with E-state index < -0.39 is 4.92 Å². The van der Waals surface area contributed by atoms with Crippen LogP contribution in [0.1, 0.15) is 5.76 Å². The minimum Gasteiger partial charge on any atom is -0.457 e. The van der Waals surface area contributed by atoms with Crippen molar-refractivity contribution in [1.82, 2.24) is 5.32 Å². The molecule has 1 aliphatic heterocycles. The van der Waals surface area contributed by atoms with Crippen molar-refractivity contribution in [2.24, 2.45) is 0 Å². The molecule has 0 unspecified atom stereocenters. The third-order valence-corrected chi connectivity index (χ3v) is 4.51. The van der Waals surface area contributed by atoms with Crippen LogP contribution in [-0.2, 0) is 4.79 Å². The van der Waals surface area contributed by atoms with E-state index in [1.807, 2.05) is 0 Å². The molecular formula is C14H8BrN3O4S. The Hall–Kier alpha value is -2.39. The number of amides is 1. The van der Waals surface area contributed by atoms with Crippen LogP contribution in [0.25, 0.3) is 17.4 Å². The molecule has 1 aliphatic rings. The highest BCUT2D eigenvalue weighted by Gasteiger charge is 2.23. The quantitative estimate of drug-likeness (QED) is 0.468. The molecule has 0 spiro atoms. The minimum atomic E-state index is -0.479. The smallest absolute Gasteiger partial charge is 0.270 e. The van der Waals surface area contributed by atoms with Gasteiger partial charge < -0.3 is 9.73 Å². The molecule has 116 valence electrons. The number of non-ortho nitro benzene ring substituents is 1. The van der Waals surface area contributed by atoms with Gasteiger partial charge in [0.15, 0.2) is 5.17 Å². The largest absolute Gasteiger partial charge is 0.457 e. The average Bonchev–Trinajstić information content (AvgIpc) is 3.06. The van der Waals surface area contributed by atoms with Crippen molar-refractivity contribution in [3.8, 4) is 11.3 Å². The van der Waals surface area contributed by atoms with E-state index in [0.29, 0.717) is 26.5 Å². The van der Waals surface area contributed by atoms with Gasteiger partial charge in [-0.2, -0.15) is 0 Å². The molecule has 3 rings (SSSR count). The summed E-state index contributed by atoms with van der Waals surface area (Å²) in [5.41, 5.74) is 0.499. The Morgan fingerprint density at radius 3 is 2.78 bits per heavy atom. The van der Waals surface area contributed by atoms with Crippen LogP contribution in [0.3, 0.4) is 0 Å². The van der Waals surface area contributed by atoms with Crippen LogP contribution in [-0.4, -0.2) is 16.0 Å². The zero-order chi connectivity index (χ0) is 16.6. The van der Waals surface area contributed by atoms with Gasteiger partial charge in [0.2, 0.25) is 0 Å². The van der Waals surface area contributed by atoms with Gasteiger partial charge in [-0.25, -0.2) is 0 Å². The summed E-state index contributed by atoms with van der Waals surface area (Å²) >= 11 is 4.35. The molecule has 0 saturated carbocycles. The van der Waals surface area contributed by atoms with Crippen LogP contribution in [0, 0.1) is 15.5 Å². The van der Waals surface area contributed by atoms with Crippen molar-refractivity contribution >= 4 is 50.5 Å². The highest BCUT2D eigenvalue weighted by Crippen LogP contribution is 2.34. The number of furan rings is 1. The second kappa shape index (κ2) is 6.01. The average molecular weight is 394 g/mol. The van der Waals surface area contributed by atoms with Crippen LogP contribution in [0.5, 0.6) is 0 Å². The molecule has 0 bridgehead atoms. The lowest BCUT2D eigenvalue weighted by Gasteiger charge is -2.01. The second-order valence-electron chi connectivity index (χ2n) is 4.52. The molecular weight excluding hydrogens is 386 g/mol. The maximum Gasteiger partial charge on any atom is 0.270 e. The lowest BCUT2D eigenvalue weighted by molar-refractivity contribution is -0.384. The number of amidine groups is 1. The Morgan fingerprint density at radius 1 is 1.35 bits per heavy atom. The molecule has 1 amide bonds. The molecule has 1 saturated heterocycles. The predicted octanol–water partition coefficient (Wildman–Crippen LogP) is 3.76. The summed E-state index contributed by atoms with van der Waals surface area (Å²) in [5.74, 6) is 0.506. The highest BCUT2D eigenvalue weighted by atomic mass is 79.9. The zero-order valence-electron chi connectivity index (χ0n) is 11.3. The van der Waals surface area contributed by atoms with E-state index in [2.05, 4.69) is 21.2 Å². The van der Waals surface area contributed by atoms with Crippen LogP contribution >= 0.6 is 27.7 Å². The number of carbonyl (C=O) groups excluding carboxylic acids is 1. The van der Waals surface area contributed by atoms with Crippen LogP contribution in [0.15, 0.2) is 44.1 Å². The fraction of sp³-hybridized carbons (Fsp3) is 0. The van der Waals surface area contributed by atoms with Gasteiger partial charge in [0, 0.05) is 28.2 Å². The third-order valence-electron chi connectivity index (χ3n) is 2.99. The first-order valence-corrected chi connectivity index (χ1v) is 7.88. The number of rotatable bonds is 3. The van der Waals surface area contributed by atoms with Gasteiger partial charge in [-0.3, -0.25) is 20.3 Å². The lowest BCUT2D eigenvalue weighted by Crippen LogP contribution is -2.18. The number of hydrogen-bond acceptors (Lipinski definition) is 6. The Kier molecular flexibility index (Phi) is 4.05. The summed E-state index contributed by atoms with van der Waals surface area (Å²) < 4.78 is 6.30. The number of thioether (sulfide) groups is 1. The van der Waals surface area contributed by atoms with E-state index in [1.165, 1.54) is 18.2 Å². The van der Waals surface area contributed by atoms with Gasteiger partial charge in [-0.1, -0.05) is 15.9 Å². The molecule has 0 radical (unpaired) electrons. The van der Waals surface area contributed by atoms with Gasteiger partial charge in [0.1, 0.15) is 11.5 Å². The zero-order valence-corrected chi connectivity index (χ0v) is 13.7. The topological polar surface area (TPSA) is 109 Å². The first kappa shape index (κ1) is 15.5. The number of nitro groups is 1. The number of benzene rings is 1. The van der Waals surface area contributed by atoms with E-state index in [9.17, 15) is 14.9 Å². The van der Waals surface area contributed by atoms with Crippen molar-refractivity contribution in [2.75, 3.05) is 0 Å². The van der Waals surface area contributed by atoms with Gasteiger partial charge >= 0.3 is 0 Å². The summed E-state index contributed by atoms with van der Waals surface area (Å²) in [6.45, 7) is 0. The first-order chi connectivity index (χ1) is 10.9. The number of carbonyl (C=O) groups is 1. The SMILES string of the molecule is N=C1NC(=O)/C(=C/c2ccc(-c3cc([N+](=O)[O-])ccc3Br)o2)S1. The summed E-state index contributed by atoms with van der Waals surface area (Å²) in [5, 5.41) is 20.7. The lowest BCUT2D eigenvalue weighted by atomic mass is 10.1. The van der Waals surface area contributed by atoms with Gasteiger partial charge in [-0.15, -0.1) is 0 Å². The Morgan fingerprint density at radius 2 is 2.13 bits per heavy atom. The number of hydrogen-bond donors (Lipinski definition) is 2. The van der Waals surface area contributed by atoms with E-state index >= 15 is 0 Å². The molecule has 1 aromatic heterocycles. The fourth-order valence-corrected chi connectivity index (χ4v) is 3.09. The normalized spacial score (nSPS) is 16.0. The molecule has 1 aromatic carbocycles. The Bertz CT molecular complexity index is 875. The molecule has 2 N–H and O–H groups in total. The number of nitrogens with zero attached hydrogens (tertiary/aromatic N) is 1. The molecule has 2 heterocycles. The maximum absolute atomic E-state index is 11.6. The molecule has 0 aliphatic carbocycles. The number of nitrogens with one attached hydrogen (secondary N) is 2. The van der Waals surface area contributed by atoms with Gasteiger partial charge in [0.05, 0.1) is 9.83 Å². The van der Waals surface area contributed by atoms with Crippen molar-refractivity contribution in [2.45, 2.75) is 0 Å². The van der Waals surface area contributed by atoms with E-state index in [4.69, 9.17) is 9.83 Å². The van der Waals surface area contributed by atoms with Crippen molar-refractivity contribution in [3.63, 3.8) is 0 Å². The molecule has 9 heteroatoms. The Balaban J connectivity index is 1.95. The maximum atomic E-state index is 11.6. The van der Waals surface area contributed by atoms with E-state index in [-0.39, 0.29) is 16.8 Å². The van der Waals surface area contributed by atoms with Crippen LogP contribution in [0.2, 0.25) is 0 Å². The molecule has 1 fully saturated rings. The molecule has 0 atom stereocenters. The summed E-state index contributed by atoms with van der Waals surface area (Å²) in [6.07, 6.45) is 1.52. The van der Waals surface area contributed by atoms with Gasteiger partial charge in [0.25, 0.3) is 11.6 Å². The predicted molar refractivity (Wildman–Crippen MR) is 89.9 cm³/mol. The summed E-state index contributed by atoms with van der Waals surface area (Å²) in [6, 6.07) is 7.70.